The van der Waals surface area contributed by atoms with Gasteiger partial charge in [0.2, 0.25) is 0 Å². The Bertz CT molecular complexity index is 4630. The summed E-state index contributed by atoms with van der Waals surface area (Å²) in [5.74, 6) is 0. The van der Waals surface area contributed by atoms with Crippen LogP contribution in [0.15, 0.2) is 273 Å². The van der Waals surface area contributed by atoms with Crippen molar-refractivity contribution >= 4 is 87.2 Å². The fraction of sp³-hybridized carbons (Fsp3) is 0. The van der Waals surface area contributed by atoms with Crippen molar-refractivity contribution in [3.63, 3.8) is 0 Å². The average molecular weight is 992 g/mol. The summed E-state index contributed by atoms with van der Waals surface area (Å²) in [5, 5.41) is 21.9. The molecule has 0 aliphatic rings. The van der Waals surface area contributed by atoms with Crippen LogP contribution in [0.25, 0.3) is 143 Å². The van der Waals surface area contributed by atoms with E-state index in [4.69, 9.17) is 0 Å². The van der Waals surface area contributed by atoms with Crippen molar-refractivity contribution in [1.82, 2.24) is 18.3 Å². The molecule has 4 aromatic heterocycles. The summed E-state index contributed by atoms with van der Waals surface area (Å²) < 4.78 is 9.75. The third-order valence-corrected chi connectivity index (χ3v) is 16.2. The van der Waals surface area contributed by atoms with Crippen molar-refractivity contribution < 1.29 is 0 Å². The lowest BCUT2D eigenvalue weighted by molar-refractivity contribution is 1.04. The lowest BCUT2D eigenvalue weighted by Crippen LogP contribution is -2.16. The SMILES string of the molecule is N#Cc1c(-n2c3ccccc3c3ccccc32)c(-n2c3ccccc3c3ccccc32)c(-c2cc(-c3ccccc3)cc(-c3ccccc3)c2)c(-n2c3ccccc3c3ccccc32)c1-n1c2ccccc2c2ccccc21. The van der Waals surface area contributed by atoms with E-state index in [0.717, 1.165) is 143 Å². The number of rotatable bonds is 7. The average Bonchev–Trinajstić information content (AvgIpc) is 4.30. The van der Waals surface area contributed by atoms with Gasteiger partial charge in [-0.3, -0.25) is 0 Å². The van der Waals surface area contributed by atoms with Crippen molar-refractivity contribution in [2.45, 2.75) is 0 Å². The molecule has 0 bridgehead atoms. The molecule has 0 aliphatic heterocycles. The fourth-order valence-corrected chi connectivity index (χ4v) is 13.0. The van der Waals surface area contributed by atoms with Crippen LogP contribution >= 0.6 is 0 Å². The Kier molecular flexibility index (Phi) is 9.63. The van der Waals surface area contributed by atoms with Gasteiger partial charge in [-0.05, 0) is 94.5 Å². The number of fused-ring (bicyclic) bond motifs is 12. The van der Waals surface area contributed by atoms with Crippen LogP contribution in [-0.4, -0.2) is 18.3 Å². The smallest absolute Gasteiger partial charge is 0.104 e. The van der Waals surface area contributed by atoms with Crippen LogP contribution in [0.4, 0.5) is 0 Å². The third kappa shape index (κ3) is 6.29. The maximum Gasteiger partial charge on any atom is 0.104 e. The van der Waals surface area contributed by atoms with Gasteiger partial charge >= 0.3 is 0 Å². The van der Waals surface area contributed by atoms with Crippen LogP contribution < -0.4 is 0 Å². The number of nitriles is 1. The normalized spacial score (nSPS) is 11.8. The van der Waals surface area contributed by atoms with E-state index in [1.165, 1.54) is 0 Å². The number of aromatic nitrogens is 4. The molecule has 0 fully saturated rings. The second kappa shape index (κ2) is 17.2. The van der Waals surface area contributed by atoms with Gasteiger partial charge in [0.15, 0.2) is 0 Å². The lowest BCUT2D eigenvalue weighted by Gasteiger charge is -2.29. The molecule has 0 atom stereocenters. The minimum Gasteiger partial charge on any atom is -0.306 e. The number of hydrogen-bond donors (Lipinski definition) is 0. The Balaban J connectivity index is 1.27. The molecule has 0 N–H and O–H groups in total. The molecule has 5 heteroatoms. The van der Waals surface area contributed by atoms with E-state index in [1.807, 2.05) is 0 Å². The first-order valence-corrected chi connectivity index (χ1v) is 26.6. The molecule has 0 spiro atoms. The minimum absolute atomic E-state index is 0.535. The molecule has 16 rings (SSSR count). The second-order valence-electron chi connectivity index (χ2n) is 20.3. The van der Waals surface area contributed by atoms with Gasteiger partial charge < -0.3 is 18.3 Å². The van der Waals surface area contributed by atoms with Gasteiger partial charge in [-0.15, -0.1) is 0 Å². The van der Waals surface area contributed by atoms with Gasteiger partial charge in [-0.1, -0.05) is 206 Å². The van der Waals surface area contributed by atoms with Crippen LogP contribution in [0.5, 0.6) is 0 Å². The number of para-hydroxylation sites is 8. The maximum atomic E-state index is 12.9. The van der Waals surface area contributed by atoms with E-state index < -0.39 is 0 Å². The Labute approximate surface area is 449 Å². The number of benzene rings is 12. The first kappa shape index (κ1) is 43.7. The molecule has 362 valence electrons. The molecule has 4 heterocycles. The molecular formula is C73H45N5. The summed E-state index contributed by atoms with van der Waals surface area (Å²) in [6.45, 7) is 0. The summed E-state index contributed by atoms with van der Waals surface area (Å²) in [5.41, 5.74) is 18.4. The summed E-state index contributed by atoms with van der Waals surface area (Å²) in [6.07, 6.45) is 0. The van der Waals surface area contributed by atoms with Gasteiger partial charge in [-0.25, -0.2) is 0 Å². The molecule has 0 radical (unpaired) electrons. The Hall–Kier alpha value is -10.7. The standard InChI is InChI=1S/C73H45N5/c74-46-60-70(75-61-35-15-7-27-52(61)53-28-8-16-36-62(53)75)72(77-65-39-19-11-31-56(65)57-32-12-20-40-66(57)77)69(51-44-49(47-23-3-1-4-24-47)43-50(45-51)48-25-5-2-6-26-48)73(78-67-41-21-13-33-58(67)59-34-14-22-42-68(59)78)71(60)76-63-37-17-9-29-54(63)55-30-10-18-38-64(55)76/h1-45H. The molecular weight excluding hydrogens is 947 g/mol. The largest absolute Gasteiger partial charge is 0.306 e. The van der Waals surface area contributed by atoms with Crippen molar-refractivity contribution in [2.24, 2.45) is 0 Å². The van der Waals surface area contributed by atoms with Crippen LogP contribution in [0.3, 0.4) is 0 Å². The Morgan fingerprint density at radius 1 is 0.218 bits per heavy atom. The maximum absolute atomic E-state index is 12.9. The quantitative estimate of drug-likeness (QED) is 0.157. The fourth-order valence-electron chi connectivity index (χ4n) is 13.0. The van der Waals surface area contributed by atoms with E-state index in [2.05, 4.69) is 297 Å². The predicted octanol–water partition coefficient (Wildman–Crippen LogP) is 18.9. The monoisotopic (exact) mass is 991 g/mol. The number of nitrogens with zero attached hydrogens (tertiary/aromatic N) is 5. The molecule has 12 aromatic carbocycles. The summed E-state index contributed by atoms with van der Waals surface area (Å²) in [4.78, 5) is 0. The number of hydrogen-bond acceptors (Lipinski definition) is 1. The van der Waals surface area contributed by atoms with E-state index in [1.54, 1.807) is 0 Å². The first-order chi connectivity index (χ1) is 38.7. The summed E-state index contributed by atoms with van der Waals surface area (Å²) >= 11 is 0. The molecule has 5 nitrogen and oxygen atoms in total. The third-order valence-electron chi connectivity index (χ3n) is 16.2. The molecule has 0 saturated carbocycles. The van der Waals surface area contributed by atoms with Crippen LogP contribution in [0.1, 0.15) is 5.56 Å². The highest BCUT2D eigenvalue weighted by Crippen LogP contribution is 2.52. The Morgan fingerprint density at radius 2 is 0.436 bits per heavy atom. The topological polar surface area (TPSA) is 43.5 Å². The zero-order valence-corrected chi connectivity index (χ0v) is 42.2. The van der Waals surface area contributed by atoms with Gasteiger partial charge in [0.05, 0.1) is 66.9 Å². The predicted molar refractivity (Wildman–Crippen MR) is 325 cm³/mol. The van der Waals surface area contributed by atoms with Crippen LogP contribution in [-0.2, 0) is 0 Å². The molecule has 0 amide bonds. The van der Waals surface area contributed by atoms with Gasteiger partial charge in [-0.2, -0.15) is 5.26 Å². The van der Waals surface area contributed by atoms with E-state index >= 15 is 0 Å². The van der Waals surface area contributed by atoms with Crippen LogP contribution in [0, 0.1) is 11.3 Å². The minimum atomic E-state index is 0.535. The summed E-state index contributed by atoms with van der Waals surface area (Å²) in [7, 11) is 0. The molecule has 0 unspecified atom stereocenters. The highest BCUT2D eigenvalue weighted by atomic mass is 15.1. The molecule has 78 heavy (non-hydrogen) atoms. The van der Waals surface area contributed by atoms with Crippen molar-refractivity contribution in [3.8, 4) is 62.2 Å². The molecule has 16 aromatic rings. The van der Waals surface area contributed by atoms with E-state index in [0.29, 0.717) is 5.56 Å². The van der Waals surface area contributed by atoms with E-state index in [-0.39, 0.29) is 0 Å². The first-order valence-electron chi connectivity index (χ1n) is 26.6. The lowest BCUT2D eigenvalue weighted by atomic mass is 9.89. The van der Waals surface area contributed by atoms with Crippen LogP contribution in [0.2, 0.25) is 0 Å². The van der Waals surface area contributed by atoms with Gasteiger partial charge in [0.1, 0.15) is 11.6 Å². The zero-order valence-electron chi connectivity index (χ0n) is 42.2. The Morgan fingerprint density at radius 3 is 0.692 bits per heavy atom. The summed E-state index contributed by atoms with van der Waals surface area (Å²) in [6, 6.07) is 102. The highest BCUT2D eigenvalue weighted by molar-refractivity contribution is 6.17. The van der Waals surface area contributed by atoms with Crippen molar-refractivity contribution in [2.75, 3.05) is 0 Å². The zero-order chi connectivity index (χ0) is 51.4. The van der Waals surface area contributed by atoms with Gasteiger partial charge in [0.25, 0.3) is 0 Å². The molecule has 0 aliphatic carbocycles. The van der Waals surface area contributed by atoms with Crippen molar-refractivity contribution in [1.29, 1.82) is 5.26 Å². The second-order valence-corrected chi connectivity index (χ2v) is 20.3. The van der Waals surface area contributed by atoms with Gasteiger partial charge in [0, 0.05) is 48.7 Å². The van der Waals surface area contributed by atoms with Crippen molar-refractivity contribution in [3.05, 3.63) is 279 Å². The molecule has 0 saturated heterocycles. The van der Waals surface area contributed by atoms with E-state index in [9.17, 15) is 5.26 Å². The highest BCUT2D eigenvalue weighted by Gasteiger charge is 2.35.